The van der Waals surface area contributed by atoms with Gasteiger partial charge in [-0.25, -0.2) is 0 Å². The van der Waals surface area contributed by atoms with E-state index in [-0.39, 0.29) is 23.9 Å². The topological polar surface area (TPSA) is 59.0 Å². The van der Waals surface area contributed by atoms with E-state index in [4.69, 9.17) is 9.47 Å². The quantitative estimate of drug-likeness (QED) is 0.176. The van der Waals surface area contributed by atoms with Gasteiger partial charge in [-0.2, -0.15) is 0 Å². The maximum atomic E-state index is 12.9. The second-order valence-electron chi connectivity index (χ2n) is 10.0. The fourth-order valence-electron chi connectivity index (χ4n) is 5.08. The molecule has 1 aliphatic rings. The lowest BCUT2D eigenvalue weighted by molar-refractivity contribution is 0.103. The number of ether oxygens (including phenoxy) is 2. The lowest BCUT2D eigenvalue weighted by Crippen LogP contribution is -2.33. The van der Waals surface area contributed by atoms with Crippen LogP contribution in [0.2, 0.25) is 0 Å². The van der Waals surface area contributed by atoms with Gasteiger partial charge in [0.25, 0.3) is 0 Å². The summed E-state index contributed by atoms with van der Waals surface area (Å²) in [5.74, 6) is 2.45. The first-order valence-electron chi connectivity index (χ1n) is 13.7. The summed E-state index contributed by atoms with van der Waals surface area (Å²) in [6.45, 7) is 3.95. The summed E-state index contributed by atoms with van der Waals surface area (Å²) in [6, 6.07) is 29.9. The van der Waals surface area contributed by atoms with Gasteiger partial charge < -0.3 is 14.6 Å². The molecule has 0 amide bonds. The number of ketones is 1. The minimum absolute atomic E-state index is 0. The van der Waals surface area contributed by atoms with Crippen LogP contribution in [0, 0.1) is 0 Å². The Morgan fingerprint density at radius 2 is 1.49 bits per heavy atom. The smallest absolute Gasteiger partial charge is 0.193 e. The van der Waals surface area contributed by atoms with Crippen molar-refractivity contribution in [3.63, 3.8) is 0 Å². The van der Waals surface area contributed by atoms with Crippen LogP contribution in [0.15, 0.2) is 97.1 Å². The van der Waals surface area contributed by atoms with Crippen LogP contribution >= 0.6 is 23.7 Å². The van der Waals surface area contributed by atoms with Gasteiger partial charge in [-0.15, -0.1) is 23.7 Å². The predicted molar refractivity (Wildman–Crippen MR) is 168 cm³/mol. The van der Waals surface area contributed by atoms with Gasteiger partial charge in [0.1, 0.15) is 23.9 Å². The number of aromatic hydroxyl groups is 1. The molecule has 0 unspecified atom stereocenters. The third kappa shape index (κ3) is 6.73. The van der Waals surface area contributed by atoms with E-state index in [1.165, 1.54) is 19.3 Å². The number of phenols is 1. The van der Waals surface area contributed by atoms with Crippen molar-refractivity contribution < 1.29 is 19.4 Å². The van der Waals surface area contributed by atoms with E-state index in [0.29, 0.717) is 23.5 Å². The van der Waals surface area contributed by atoms with Crippen LogP contribution in [0.5, 0.6) is 23.0 Å². The number of hydrogen-bond acceptors (Lipinski definition) is 6. The molecule has 1 N–H and O–H groups in total. The molecule has 0 spiro atoms. The molecule has 1 aliphatic heterocycles. The Kier molecular flexibility index (Phi) is 9.24. The van der Waals surface area contributed by atoms with Crippen LogP contribution in [0.4, 0.5) is 0 Å². The molecule has 41 heavy (non-hydrogen) atoms. The number of likely N-dealkylation sites (tertiary alicyclic amines) is 1. The molecular formula is C34H32ClNO4S. The Hall–Kier alpha value is -3.84. The second-order valence-corrected chi connectivity index (χ2v) is 11.1. The third-order valence-corrected chi connectivity index (χ3v) is 8.42. The average Bonchev–Trinajstić information content (AvgIpc) is 3.35. The predicted octanol–water partition coefficient (Wildman–Crippen LogP) is 8.58. The molecule has 4 aromatic carbocycles. The molecule has 2 heterocycles. The number of phenolic OH excluding ortho intramolecular Hbond substituents is 1. The highest BCUT2D eigenvalue weighted by Crippen LogP contribution is 2.47. The number of benzene rings is 4. The van der Waals surface area contributed by atoms with Crippen molar-refractivity contribution in [1.29, 1.82) is 0 Å². The number of nitrogens with zero attached hydrogens (tertiary/aromatic N) is 1. The van der Waals surface area contributed by atoms with Gasteiger partial charge in [0.2, 0.25) is 0 Å². The van der Waals surface area contributed by atoms with Crippen LogP contribution in [-0.2, 0) is 0 Å². The molecule has 0 aliphatic carbocycles. The van der Waals surface area contributed by atoms with Crippen LogP contribution in [0.25, 0.3) is 20.5 Å². The van der Waals surface area contributed by atoms with E-state index < -0.39 is 0 Å². The number of carbonyl (C=O) groups excluding carboxylic acids is 1. The summed E-state index contributed by atoms with van der Waals surface area (Å²) in [6.07, 6.45) is 3.89. The molecular weight excluding hydrogens is 554 g/mol. The van der Waals surface area contributed by atoms with Crippen molar-refractivity contribution in [2.75, 3.05) is 26.2 Å². The van der Waals surface area contributed by atoms with Crippen molar-refractivity contribution in [3.8, 4) is 33.4 Å². The summed E-state index contributed by atoms with van der Waals surface area (Å²) < 4.78 is 13.4. The monoisotopic (exact) mass is 585 g/mol. The molecule has 1 saturated heterocycles. The molecule has 1 fully saturated rings. The van der Waals surface area contributed by atoms with Crippen molar-refractivity contribution in [2.45, 2.75) is 19.3 Å². The number of hydrogen-bond donors (Lipinski definition) is 1. The van der Waals surface area contributed by atoms with Gasteiger partial charge in [0.15, 0.2) is 11.5 Å². The Morgan fingerprint density at radius 3 is 2.22 bits per heavy atom. The minimum atomic E-state index is -0.0110. The van der Waals surface area contributed by atoms with E-state index >= 15 is 0 Å². The fourth-order valence-corrected chi connectivity index (χ4v) is 6.25. The summed E-state index contributed by atoms with van der Waals surface area (Å²) in [4.78, 5) is 16.3. The van der Waals surface area contributed by atoms with Gasteiger partial charge in [0.05, 0.1) is 4.88 Å². The Morgan fingerprint density at radius 1 is 0.805 bits per heavy atom. The SMILES string of the molecule is Cl.O=C(c1ccccc1)c1ccc(-c2sc3cc(O)ccc3c2Oc2ccc(OCCN3CCCCC3)cc2)cc1. The molecule has 0 saturated carbocycles. The molecule has 0 atom stereocenters. The van der Waals surface area contributed by atoms with Crippen LogP contribution in [-0.4, -0.2) is 42.0 Å². The molecule has 6 rings (SSSR count). The first-order valence-corrected chi connectivity index (χ1v) is 14.5. The number of halogens is 1. The van der Waals surface area contributed by atoms with Gasteiger partial charge in [0, 0.05) is 27.8 Å². The fraction of sp³-hybridized carbons (Fsp3) is 0.206. The Bertz CT molecular complexity index is 1590. The third-order valence-electron chi connectivity index (χ3n) is 7.24. The molecule has 5 aromatic rings. The average molecular weight is 586 g/mol. The first-order chi connectivity index (χ1) is 19.6. The molecule has 1 aromatic heterocycles. The largest absolute Gasteiger partial charge is 0.508 e. The maximum absolute atomic E-state index is 12.9. The van der Waals surface area contributed by atoms with Gasteiger partial charge in [-0.1, -0.05) is 61.0 Å². The van der Waals surface area contributed by atoms with Crippen molar-refractivity contribution >= 4 is 39.6 Å². The summed E-state index contributed by atoms with van der Waals surface area (Å²) in [7, 11) is 0. The van der Waals surface area contributed by atoms with Gasteiger partial charge >= 0.3 is 0 Å². The van der Waals surface area contributed by atoms with Crippen LogP contribution in [0.1, 0.15) is 35.2 Å². The molecule has 0 radical (unpaired) electrons. The number of thiophene rings is 1. The molecule has 0 bridgehead atoms. The van der Waals surface area contributed by atoms with Crippen LogP contribution in [0.3, 0.4) is 0 Å². The Balaban J connectivity index is 0.00000337. The zero-order chi connectivity index (χ0) is 27.3. The summed E-state index contributed by atoms with van der Waals surface area (Å²) in [5, 5.41) is 11.0. The number of rotatable bonds is 9. The van der Waals surface area contributed by atoms with Crippen LogP contribution < -0.4 is 9.47 Å². The minimum Gasteiger partial charge on any atom is -0.508 e. The Labute approximate surface area is 250 Å². The van der Waals surface area contributed by atoms with Gasteiger partial charge in [-0.3, -0.25) is 9.69 Å². The van der Waals surface area contributed by atoms with E-state index in [1.54, 1.807) is 23.5 Å². The zero-order valence-electron chi connectivity index (χ0n) is 22.6. The van der Waals surface area contributed by atoms with Crippen molar-refractivity contribution in [3.05, 3.63) is 108 Å². The maximum Gasteiger partial charge on any atom is 0.193 e. The highest BCUT2D eigenvalue weighted by atomic mass is 35.5. The number of piperidine rings is 1. The van der Waals surface area contributed by atoms with Crippen molar-refractivity contribution in [2.24, 2.45) is 0 Å². The first kappa shape index (κ1) is 28.7. The zero-order valence-corrected chi connectivity index (χ0v) is 24.3. The lowest BCUT2D eigenvalue weighted by atomic mass is 10.0. The second kappa shape index (κ2) is 13.2. The normalized spacial score (nSPS) is 13.5. The highest BCUT2D eigenvalue weighted by Gasteiger charge is 2.18. The molecule has 210 valence electrons. The standard InChI is InChI=1S/C34H31NO4S.ClH/c36-27-13-18-30-31(23-27)40-34(26-11-9-25(10-12-26)32(37)24-7-3-1-4-8-24)33(30)39-29-16-14-28(15-17-29)38-22-21-35-19-5-2-6-20-35;/h1,3-4,7-18,23,36H,2,5-6,19-22H2;1H. The lowest BCUT2D eigenvalue weighted by Gasteiger charge is -2.26. The van der Waals surface area contributed by atoms with E-state index in [1.807, 2.05) is 84.9 Å². The van der Waals surface area contributed by atoms with Gasteiger partial charge in [-0.05, 0) is 74.0 Å². The summed E-state index contributed by atoms with van der Waals surface area (Å²) in [5.41, 5.74) is 2.24. The molecule has 7 heteroatoms. The number of fused-ring (bicyclic) bond motifs is 1. The number of carbonyl (C=O) groups is 1. The van der Waals surface area contributed by atoms with E-state index in [0.717, 1.165) is 51.7 Å². The molecule has 5 nitrogen and oxygen atoms in total. The summed E-state index contributed by atoms with van der Waals surface area (Å²) >= 11 is 1.55. The van der Waals surface area contributed by atoms with E-state index in [9.17, 15) is 9.90 Å². The van der Waals surface area contributed by atoms with E-state index in [2.05, 4.69) is 4.90 Å². The highest BCUT2D eigenvalue weighted by molar-refractivity contribution is 7.22. The van der Waals surface area contributed by atoms with Crippen molar-refractivity contribution in [1.82, 2.24) is 4.90 Å².